The Bertz CT molecular complexity index is 981. The van der Waals surface area contributed by atoms with Gasteiger partial charge >= 0.3 is 22.5 Å². The number of carbonyl (C=O) groups excluding carboxylic acids is 2. The number of hydrogen-bond donors (Lipinski definition) is 2. The number of alkyl carbamates (subject to hydrolysis) is 1. The SMILES string of the molecule is CC(C)(C)OC(=O)NCCc1cc([C@@H]2CC3(CC3)[C@@H]3CN2C(=O)N3OS(=O)(=O)O)no1. The lowest BCUT2D eigenvalue weighted by Gasteiger charge is -2.35. The van der Waals surface area contributed by atoms with Crippen LogP contribution in [0.3, 0.4) is 0 Å². The number of urea groups is 1. The maximum absolute atomic E-state index is 12.8. The van der Waals surface area contributed by atoms with E-state index in [2.05, 4.69) is 14.8 Å². The molecule has 2 aliphatic heterocycles. The van der Waals surface area contributed by atoms with Gasteiger partial charge in [0.15, 0.2) is 0 Å². The molecule has 0 radical (unpaired) electrons. The fourth-order valence-electron chi connectivity index (χ4n) is 4.29. The summed E-state index contributed by atoms with van der Waals surface area (Å²) >= 11 is 0. The van der Waals surface area contributed by atoms with Crippen molar-refractivity contribution in [3.05, 3.63) is 17.5 Å². The first kappa shape index (κ1) is 21.8. The van der Waals surface area contributed by atoms with Crippen LogP contribution in [0.2, 0.25) is 0 Å². The van der Waals surface area contributed by atoms with E-state index in [1.807, 2.05) is 0 Å². The minimum atomic E-state index is -4.81. The van der Waals surface area contributed by atoms with Crippen molar-refractivity contribution in [1.82, 2.24) is 20.4 Å². The minimum Gasteiger partial charge on any atom is -0.444 e. The molecule has 3 amide bonds. The molecule has 4 rings (SSSR count). The molecule has 31 heavy (non-hydrogen) atoms. The van der Waals surface area contributed by atoms with Crippen LogP contribution in [-0.2, 0) is 25.8 Å². The Morgan fingerprint density at radius 1 is 1.42 bits per heavy atom. The Hall–Kier alpha value is -2.38. The maximum atomic E-state index is 12.8. The van der Waals surface area contributed by atoms with Crippen molar-refractivity contribution in [3.63, 3.8) is 0 Å². The molecule has 2 saturated heterocycles. The van der Waals surface area contributed by atoms with Crippen LogP contribution in [0.5, 0.6) is 0 Å². The third-order valence-electron chi connectivity index (χ3n) is 5.79. The van der Waals surface area contributed by atoms with E-state index < -0.39 is 40.2 Å². The number of nitrogens with one attached hydrogen (secondary N) is 1. The van der Waals surface area contributed by atoms with Gasteiger partial charge in [-0.1, -0.05) is 5.16 Å². The molecule has 1 spiro atoms. The number of amides is 3. The second-order valence-corrected chi connectivity index (χ2v) is 10.3. The van der Waals surface area contributed by atoms with Gasteiger partial charge in [-0.15, -0.1) is 4.28 Å². The third-order valence-corrected chi connectivity index (χ3v) is 6.14. The molecule has 3 heterocycles. The highest BCUT2D eigenvalue weighted by molar-refractivity contribution is 7.80. The van der Waals surface area contributed by atoms with Crippen LogP contribution in [0, 0.1) is 5.41 Å². The number of fused-ring (bicyclic) bond motifs is 3. The first-order valence-electron chi connectivity index (χ1n) is 10.1. The molecule has 3 aliphatic rings. The van der Waals surface area contributed by atoms with Gasteiger partial charge in [-0.05, 0) is 45.4 Å². The van der Waals surface area contributed by atoms with Crippen LogP contribution in [0.1, 0.15) is 57.5 Å². The number of rotatable bonds is 6. The lowest BCUT2D eigenvalue weighted by atomic mass is 9.84. The number of nitrogens with zero attached hydrogens (tertiary/aromatic N) is 3. The monoisotopic (exact) mass is 458 g/mol. The molecule has 2 atom stereocenters. The number of piperidine rings is 1. The molecule has 3 fully saturated rings. The minimum absolute atomic E-state index is 0.268. The Balaban J connectivity index is 1.41. The van der Waals surface area contributed by atoms with Gasteiger partial charge in [0.2, 0.25) is 0 Å². The van der Waals surface area contributed by atoms with Crippen molar-refractivity contribution >= 4 is 22.5 Å². The molecule has 1 aliphatic carbocycles. The second kappa shape index (κ2) is 7.35. The van der Waals surface area contributed by atoms with Crippen LogP contribution < -0.4 is 5.32 Å². The van der Waals surface area contributed by atoms with Gasteiger partial charge in [-0.25, -0.2) is 9.59 Å². The highest BCUT2D eigenvalue weighted by Gasteiger charge is 2.64. The second-order valence-electron chi connectivity index (χ2n) is 9.26. The van der Waals surface area contributed by atoms with E-state index in [0.29, 0.717) is 30.8 Å². The number of aromatic nitrogens is 1. The normalized spacial score (nSPS) is 24.6. The average Bonchev–Trinajstić information content (AvgIpc) is 3.12. The lowest BCUT2D eigenvalue weighted by molar-refractivity contribution is -0.0527. The quantitative estimate of drug-likeness (QED) is 0.608. The summed E-state index contributed by atoms with van der Waals surface area (Å²) in [6, 6.07) is 0.268. The van der Waals surface area contributed by atoms with Crippen LogP contribution in [-0.4, -0.2) is 64.9 Å². The molecule has 2 bridgehead atoms. The van der Waals surface area contributed by atoms with E-state index in [1.54, 1.807) is 26.8 Å². The van der Waals surface area contributed by atoms with Gasteiger partial charge in [0.05, 0.1) is 12.1 Å². The summed E-state index contributed by atoms with van der Waals surface area (Å²) in [5, 5.41) is 7.52. The van der Waals surface area contributed by atoms with Gasteiger partial charge in [-0.3, -0.25) is 4.55 Å². The summed E-state index contributed by atoms with van der Waals surface area (Å²) < 4.78 is 46.6. The molecule has 12 nitrogen and oxygen atoms in total. The number of carbonyl (C=O) groups is 2. The molecule has 1 saturated carbocycles. The van der Waals surface area contributed by atoms with Crippen LogP contribution in [0.4, 0.5) is 9.59 Å². The molecule has 0 aromatic carbocycles. The maximum Gasteiger partial charge on any atom is 0.418 e. The summed E-state index contributed by atoms with van der Waals surface area (Å²) in [6.07, 6.45) is 2.11. The van der Waals surface area contributed by atoms with Gasteiger partial charge in [0.25, 0.3) is 0 Å². The van der Waals surface area contributed by atoms with E-state index in [1.165, 1.54) is 4.90 Å². The van der Waals surface area contributed by atoms with Crippen LogP contribution >= 0.6 is 0 Å². The van der Waals surface area contributed by atoms with Crippen molar-refractivity contribution in [2.24, 2.45) is 5.41 Å². The Morgan fingerprint density at radius 2 is 2.13 bits per heavy atom. The number of hydrogen-bond acceptors (Lipinski definition) is 8. The first-order valence-corrected chi connectivity index (χ1v) is 11.4. The molecule has 0 unspecified atom stereocenters. The zero-order valence-corrected chi connectivity index (χ0v) is 18.3. The highest BCUT2D eigenvalue weighted by Crippen LogP contribution is 2.61. The van der Waals surface area contributed by atoms with Crippen molar-refractivity contribution in [1.29, 1.82) is 0 Å². The summed E-state index contributed by atoms with van der Waals surface area (Å²) in [7, 11) is -4.81. The Morgan fingerprint density at radius 3 is 2.74 bits per heavy atom. The van der Waals surface area contributed by atoms with Crippen LogP contribution in [0.25, 0.3) is 0 Å². The van der Waals surface area contributed by atoms with E-state index >= 15 is 0 Å². The zero-order valence-electron chi connectivity index (χ0n) is 17.5. The Kier molecular flexibility index (Phi) is 5.17. The fraction of sp³-hybridized carbons (Fsp3) is 0.722. The topological polar surface area (TPSA) is 152 Å². The molecule has 1 aromatic rings. The summed E-state index contributed by atoms with van der Waals surface area (Å²) in [5.74, 6) is 0.538. The van der Waals surface area contributed by atoms with Crippen LogP contribution in [0.15, 0.2) is 10.6 Å². The fourth-order valence-corrected chi connectivity index (χ4v) is 4.66. The summed E-state index contributed by atoms with van der Waals surface area (Å²) in [6.45, 7) is 5.90. The predicted octanol–water partition coefficient (Wildman–Crippen LogP) is 1.81. The lowest BCUT2D eigenvalue weighted by Crippen LogP contribution is -2.43. The van der Waals surface area contributed by atoms with Gasteiger partial charge in [-0.2, -0.15) is 13.5 Å². The largest absolute Gasteiger partial charge is 0.444 e. The smallest absolute Gasteiger partial charge is 0.418 e. The zero-order chi connectivity index (χ0) is 22.6. The number of ether oxygens (including phenoxy) is 1. The molecule has 2 N–H and O–H groups in total. The van der Waals surface area contributed by atoms with Gasteiger partial charge < -0.3 is 19.5 Å². The highest BCUT2D eigenvalue weighted by atomic mass is 32.3. The first-order chi connectivity index (χ1) is 14.4. The molecular formula is C18H26N4O8S. The number of hydroxylamine groups is 2. The van der Waals surface area contributed by atoms with Crippen molar-refractivity contribution in [2.45, 2.75) is 64.1 Å². The molecular weight excluding hydrogens is 432 g/mol. The van der Waals surface area contributed by atoms with E-state index in [-0.39, 0.29) is 12.0 Å². The van der Waals surface area contributed by atoms with Crippen molar-refractivity contribution in [3.8, 4) is 0 Å². The Labute approximate surface area is 179 Å². The third kappa shape index (κ3) is 4.62. The standard InChI is InChI=1S/C18H26N4O8S/c1-17(2,3)28-15(23)19-7-4-11-8-12(20-29-11)13-9-18(5-6-18)14-10-21(13)16(24)22(14)30-31(25,26)27/h8,13-14H,4-7,9-10H2,1-3H3,(H,19,23)(H,25,26,27)/t13-,14-/m0/s1. The predicted molar refractivity (Wildman–Crippen MR) is 104 cm³/mol. The van der Waals surface area contributed by atoms with Gasteiger partial charge in [0.1, 0.15) is 17.1 Å². The molecule has 13 heteroatoms. The van der Waals surface area contributed by atoms with E-state index in [9.17, 15) is 18.0 Å². The van der Waals surface area contributed by atoms with Crippen molar-refractivity contribution in [2.75, 3.05) is 13.1 Å². The van der Waals surface area contributed by atoms with E-state index in [4.69, 9.17) is 13.8 Å². The summed E-state index contributed by atoms with van der Waals surface area (Å²) in [4.78, 5) is 26.0. The van der Waals surface area contributed by atoms with Crippen molar-refractivity contribution < 1.29 is 36.1 Å². The van der Waals surface area contributed by atoms with Gasteiger partial charge in [0, 0.05) is 25.6 Å². The average molecular weight is 458 g/mol. The van der Waals surface area contributed by atoms with E-state index in [0.717, 1.165) is 17.9 Å². The molecule has 172 valence electrons. The molecule has 1 aromatic heterocycles. The summed E-state index contributed by atoms with van der Waals surface area (Å²) in [5.41, 5.74) is -0.301.